The Labute approximate surface area is 369 Å². The Morgan fingerprint density at radius 2 is 1.38 bits per heavy atom. The number of phenolic OH excluding ortho intramolecular Hbond substituents is 1. The van der Waals surface area contributed by atoms with Crippen LogP contribution in [-0.4, -0.2) is 123 Å². The van der Waals surface area contributed by atoms with Crippen molar-refractivity contribution in [2.45, 2.75) is 10.9 Å². The summed E-state index contributed by atoms with van der Waals surface area (Å²) in [5.41, 5.74) is 2.58. The lowest BCUT2D eigenvalue weighted by molar-refractivity contribution is -0.130. The molecule has 1 heterocycles. The van der Waals surface area contributed by atoms with Gasteiger partial charge in [0.15, 0.2) is 5.71 Å². The van der Waals surface area contributed by atoms with Gasteiger partial charge in [-0.3, -0.25) is 15.6 Å². The number of aromatic hydroxyl groups is 1. The number of aliphatic hydroxyl groups excluding tert-OH is 2. The van der Waals surface area contributed by atoms with Crippen LogP contribution in [-0.2, 0) is 19.2 Å². The van der Waals surface area contributed by atoms with Crippen molar-refractivity contribution in [3.63, 3.8) is 0 Å². The molecule has 1 unspecified atom stereocenters. The van der Waals surface area contributed by atoms with Gasteiger partial charge in [-0.2, -0.15) is 20.3 Å². The van der Waals surface area contributed by atoms with E-state index < -0.39 is 86.3 Å². The zero-order chi connectivity index (χ0) is 48.1. The van der Waals surface area contributed by atoms with Gasteiger partial charge in [0.25, 0.3) is 5.91 Å². The first-order chi connectivity index (χ1) is 31.2. The van der Waals surface area contributed by atoms with Crippen LogP contribution in [0.5, 0.6) is 17.2 Å². The summed E-state index contributed by atoms with van der Waals surface area (Å²) in [7, 11) is -5.79. The number of nitrogens with zero attached hydrogens (tertiary/aromatic N) is 6. The van der Waals surface area contributed by atoms with Crippen LogP contribution in [0.4, 0.5) is 34.1 Å². The fourth-order valence-electron chi connectivity index (χ4n) is 6.10. The van der Waals surface area contributed by atoms with Gasteiger partial charge in [0.05, 0.1) is 51.9 Å². The fourth-order valence-corrected chi connectivity index (χ4v) is 7.12. The Morgan fingerprint density at radius 3 is 1.98 bits per heavy atom. The van der Waals surface area contributed by atoms with E-state index in [2.05, 4.69) is 36.4 Å². The van der Waals surface area contributed by atoms with Gasteiger partial charge in [0.1, 0.15) is 57.2 Å². The molecule has 1 amide bonds. The van der Waals surface area contributed by atoms with Crippen molar-refractivity contribution < 1.29 is 82.5 Å². The molecule has 0 saturated carbocycles. The van der Waals surface area contributed by atoms with Crippen molar-refractivity contribution in [1.29, 1.82) is 0 Å². The predicted octanol–water partition coefficient (Wildman–Crippen LogP) is 4.93. The number of aliphatic hydroxyl groups is 2. The zero-order valence-corrected chi connectivity index (χ0v) is 34.6. The summed E-state index contributed by atoms with van der Waals surface area (Å²) in [5.74, 6) is -7.58. The van der Waals surface area contributed by atoms with Crippen LogP contribution in [0.25, 0.3) is 10.8 Å². The van der Waals surface area contributed by atoms with Gasteiger partial charge in [-0.15, -0.1) is 10.2 Å². The summed E-state index contributed by atoms with van der Waals surface area (Å²) in [6, 6.07) is 13.4. The molecule has 0 fully saturated rings. The number of carboxylic acid groups (broad SMARTS) is 4. The molecule has 25 nitrogen and oxygen atoms in total. The first kappa shape index (κ1) is 47.1. The van der Waals surface area contributed by atoms with Crippen molar-refractivity contribution in [2.24, 2.45) is 25.6 Å². The second kappa shape index (κ2) is 18.7. The van der Waals surface area contributed by atoms with E-state index in [4.69, 9.17) is 9.47 Å². The monoisotopic (exact) mass is 932 g/mol. The third-order valence-electron chi connectivity index (χ3n) is 9.16. The number of hydrazine groups is 1. The number of anilines is 3. The lowest BCUT2D eigenvalue weighted by Crippen LogP contribution is -2.33. The highest BCUT2D eigenvalue weighted by Gasteiger charge is 2.41. The normalized spacial score (nSPS) is 14.5. The highest BCUT2D eigenvalue weighted by Crippen LogP contribution is 2.45. The lowest BCUT2D eigenvalue weighted by Gasteiger charge is -2.29. The van der Waals surface area contributed by atoms with Gasteiger partial charge in [-0.05, 0) is 72.1 Å². The average molecular weight is 933 g/mol. The van der Waals surface area contributed by atoms with Gasteiger partial charge in [0.2, 0.25) is 6.04 Å². The lowest BCUT2D eigenvalue weighted by atomic mass is 10.1. The standard InChI is InChI=1S/C40H36N8O17S/c1-66(61,62,63)31-16-21-14-22(41-46-33-34(40(59)60)47-48(36(33)52)23-6-2-19(3-7-23)37(53)54)5-9-24(21)35(51)32(31)45-44-28-18-29(64-12-10-49)27(17-30(28)65-13-11-50)43-42-26-15-20(38(55)56)4-8-25(26)39(57)58/h2-9,14-18,33,44-45,49-51H,10-13H2,1H3,(H,53,54)(H,55,56)(H,57,58)(H,59,60)(H2,61,62,63). The minimum absolute atomic E-state index is 0.00791. The van der Waals surface area contributed by atoms with Gasteiger partial charge < -0.3 is 54.3 Å². The van der Waals surface area contributed by atoms with Gasteiger partial charge >= 0.3 is 23.9 Å². The SMILES string of the molecule is CS(=O)(O)(O)c1cc2cc(N=NC3C(=O)N(c4ccc(C(=O)O)cc4)N=C3C(=O)O)ccc2c(O)c1NNc1cc(OCCO)c(N=Nc2cc(C(=O)O)ccc2C(=O)O)cc1OCCO. The van der Waals surface area contributed by atoms with Crippen LogP contribution in [0, 0.1) is 0 Å². The maximum atomic E-state index is 13.4. The van der Waals surface area contributed by atoms with E-state index in [9.17, 15) is 73.0 Å². The number of ether oxygens (including phenoxy) is 2. The first-order valence-electron chi connectivity index (χ1n) is 18.7. The van der Waals surface area contributed by atoms with Crippen molar-refractivity contribution in [1.82, 2.24) is 0 Å². The number of carboxylic acids is 4. The number of carbonyl (C=O) groups excluding carboxylic acids is 1. The molecule has 66 heavy (non-hydrogen) atoms. The fraction of sp³-hybridized carbons (Fsp3) is 0.150. The minimum atomic E-state index is -5.79. The summed E-state index contributed by atoms with van der Waals surface area (Å²) < 4.78 is 46.4. The third kappa shape index (κ3) is 10.3. The van der Waals surface area contributed by atoms with Crippen molar-refractivity contribution >= 4 is 90.0 Å². The highest BCUT2D eigenvalue weighted by molar-refractivity contribution is 8.09. The number of fused-ring (bicyclic) bond motifs is 1. The number of amides is 1. The number of rotatable bonds is 19. The summed E-state index contributed by atoms with van der Waals surface area (Å²) >= 11 is 0. The topological polar surface area (TPSA) is 392 Å². The van der Waals surface area contributed by atoms with Crippen LogP contribution >= 0.6 is 0 Å². The predicted molar refractivity (Wildman–Crippen MR) is 231 cm³/mol. The maximum absolute atomic E-state index is 13.4. The second-order valence-corrected chi connectivity index (χ2v) is 16.8. The largest absolute Gasteiger partial charge is 0.505 e. The zero-order valence-electron chi connectivity index (χ0n) is 33.8. The van der Waals surface area contributed by atoms with Crippen molar-refractivity contribution in [3.8, 4) is 17.2 Å². The molecule has 1 aliphatic heterocycles. The highest BCUT2D eigenvalue weighted by atomic mass is 32.3. The van der Waals surface area contributed by atoms with E-state index in [0.29, 0.717) is 6.26 Å². The van der Waals surface area contributed by atoms with E-state index >= 15 is 0 Å². The molecule has 0 radical (unpaired) electrons. The first-order valence-corrected chi connectivity index (χ1v) is 21.0. The number of nitrogens with one attached hydrogen (secondary N) is 2. The second-order valence-electron chi connectivity index (χ2n) is 13.9. The number of benzene rings is 5. The Kier molecular flexibility index (Phi) is 13.4. The number of aliphatic carboxylic acids is 1. The van der Waals surface area contributed by atoms with Crippen LogP contribution in [0.15, 0.2) is 109 Å². The molecule has 11 N–H and O–H groups in total. The Balaban J connectivity index is 1.35. The molecular formula is C40H36N8O17S. The van der Waals surface area contributed by atoms with E-state index in [1.807, 2.05) is 0 Å². The number of carbonyl (C=O) groups is 5. The van der Waals surface area contributed by atoms with Gasteiger partial charge in [-0.1, -0.05) is 0 Å². The number of hydrogen-bond donors (Lipinski definition) is 11. The van der Waals surface area contributed by atoms with E-state index in [-0.39, 0.29) is 75.0 Å². The molecule has 0 spiro atoms. The molecule has 344 valence electrons. The van der Waals surface area contributed by atoms with E-state index in [1.165, 1.54) is 54.6 Å². The molecule has 0 bridgehead atoms. The molecule has 5 aromatic carbocycles. The Bertz CT molecular complexity index is 2960. The molecule has 1 aliphatic rings. The van der Waals surface area contributed by atoms with E-state index in [0.717, 1.165) is 29.3 Å². The summed E-state index contributed by atoms with van der Waals surface area (Å²) in [4.78, 5) is 59.2. The van der Waals surface area contributed by atoms with Crippen LogP contribution in [0.2, 0.25) is 0 Å². The van der Waals surface area contributed by atoms with Crippen LogP contribution in [0.1, 0.15) is 31.1 Å². The minimum Gasteiger partial charge on any atom is -0.505 e. The molecule has 0 aliphatic carbocycles. The van der Waals surface area contributed by atoms with Crippen molar-refractivity contribution in [3.05, 3.63) is 95.6 Å². The number of hydrazone groups is 1. The van der Waals surface area contributed by atoms with E-state index in [1.54, 1.807) is 0 Å². The number of hydrogen-bond acceptors (Lipinski definition) is 18. The van der Waals surface area contributed by atoms with Gasteiger partial charge in [0, 0.05) is 23.8 Å². The number of azo groups is 2. The smallest absolute Gasteiger partial charge is 0.355 e. The Morgan fingerprint density at radius 1 is 0.742 bits per heavy atom. The molecular weight excluding hydrogens is 897 g/mol. The molecule has 0 saturated heterocycles. The quantitative estimate of drug-likeness (QED) is 0.0297. The maximum Gasteiger partial charge on any atom is 0.355 e. The molecule has 6 rings (SSSR count). The van der Waals surface area contributed by atoms with Crippen LogP contribution in [0.3, 0.4) is 0 Å². The average Bonchev–Trinajstić information content (AvgIpc) is 3.60. The Hall–Kier alpha value is -8.43. The molecule has 5 aromatic rings. The molecule has 26 heteroatoms. The summed E-state index contributed by atoms with van der Waals surface area (Å²) in [6.45, 7) is -1.64. The third-order valence-corrected chi connectivity index (χ3v) is 10.5. The van der Waals surface area contributed by atoms with Crippen LogP contribution < -0.4 is 25.3 Å². The van der Waals surface area contributed by atoms with Crippen molar-refractivity contribution in [2.75, 3.05) is 48.5 Å². The molecule has 0 aromatic heterocycles. The summed E-state index contributed by atoms with van der Waals surface area (Å²) in [5, 5.41) is 88.9. The number of aromatic carboxylic acids is 3. The number of phenols is 1. The van der Waals surface area contributed by atoms with Gasteiger partial charge in [-0.25, -0.2) is 23.4 Å². The molecule has 1 atom stereocenters. The summed E-state index contributed by atoms with van der Waals surface area (Å²) in [6.07, 6.45) is 0.574.